The van der Waals surface area contributed by atoms with Gasteiger partial charge in [0.05, 0.1) is 31.4 Å². The van der Waals surface area contributed by atoms with E-state index in [4.69, 9.17) is 32.7 Å². The van der Waals surface area contributed by atoms with Crippen LogP contribution in [-0.2, 0) is 11.2 Å². The van der Waals surface area contributed by atoms with Crippen LogP contribution in [0.5, 0.6) is 11.5 Å². The minimum atomic E-state index is 0.0840. The lowest BCUT2D eigenvalue weighted by atomic mass is 10.1. The number of methoxy groups -OCH3 is 2. The fraction of sp³-hybridized carbons (Fsp3) is 0.292. The van der Waals surface area contributed by atoms with E-state index in [0.717, 1.165) is 16.9 Å². The van der Waals surface area contributed by atoms with Crippen molar-refractivity contribution in [3.05, 3.63) is 64.1 Å². The molecule has 0 aliphatic carbocycles. The Kier molecular flexibility index (Phi) is 7.20. The molecule has 0 atom stereocenters. The molecule has 172 valence electrons. The molecule has 3 aromatic rings. The van der Waals surface area contributed by atoms with Crippen LogP contribution in [0.1, 0.15) is 5.56 Å². The Morgan fingerprint density at radius 1 is 0.909 bits per heavy atom. The fourth-order valence-corrected chi connectivity index (χ4v) is 4.30. The van der Waals surface area contributed by atoms with Gasteiger partial charge in [-0.25, -0.2) is 0 Å². The number of piperazine rings is 1. The van der Waals surface area contributed by atoms with E-state index >= 15 is 0 Å². The molecule has 7 nitrogen and oxygen atoms in total. The summed E-state index contributed by atoms with van der Waals surface area (Å²) in [4.78, 5) is 16.8. The van der Waals surface area contributed by atoms with Crippen molar-refractivity contribution in [3.63, 3.8) is 0 Å². The van der Waals surface area contributed by atoms with Crippen molar-refractivity contribution < 1.29 is 14.3 Å². The smallest absolute Gasteiger partial charge is 0.227 e. The zero-order valence-electron chi connectivity index (χ0n) is 18.4. The highest BCUT2D eigenvalue weighted by Gasteiger charge is 2.23. The number of benzene rings is 2. The van der Waals surface area contributed by atoms with Crippen LogP contribution in [0.2, 0.25) is 10.0 Å². The molecule has 0 unspecified atom stereocenters. The second-order valence-electron chi connectivity index (χ2n) is 7.63. The van der Waals surface area contributed by atoms with Gasteiger partial charge >= 0.3 is 0 Å². The molecule has 1 aliphatic rings. The maximum Gasteiger partial charge on any atom is 0.227 e. The predicted molar refractivity (Wildman–Crippen MR) is 130 cm³/mol. The molecule has 0 saturated carbocycles. The molecule has 1 amide bonds. The molecule has 1 fully saturated rings. The number of ether oxygens (including phenoxy) is 2. The van der Waals surface area contributed by atoms with Crippen molar-refractivity contribution in [2.45, 2.75) is 6.42 Å². The Hall–Kier alpha value is -3.03. The van der Waals surface area contributed by atoms with Gasteiger partial charge in [-0.1, -0.05) is 29.3 Å². The average Bonchev–Trinajstić information content (AvgIpc) is 2.84. The number of hydrogen-bond donors (Lipinski definition) is 0. The van der Waals surface area contributed by atoms with Gasteiger partial charge in [0.15, 0.2) is 17.3 Å². The summed E-state index contributed by atoms with van der Waals surface area (Å²) in [6, 6.07) is 14.7. The lowest BCUT2D eigenvalue weighted by Crippen LogP contribution is -2.49. The van der Waals surface area contributed by atoms with Crippen LogP contribution in [0, 0.1) is 0 Å². The van der Waals surface area contributed by atoms with Crippen LogP contribution in [0.15, 0.2) is 48.5 Å². The van der Waals surface area contributed by atoms with Crippen molar-refractivity contribution in [2.75, 3.05) is 45.3 Å². The number of halogens is 2. The predicted octanol–water partition coefficient (Wildman–Crippen LogP) is 4.36. The summed E-state index contributed by atoms with van der Waals surface area (Å²) >= 11 is 12.2. The average molecular weight is 487 g/mol. The van der Waals surface area contributed by atoms with Crippen LogP contribution in [0.4, 0.5) is 5.82 Å². The molecule has 1 aromatic heterocycles. The Bertz CT molecular complexity index is 1130. The molecule has 0 radical (unpaired) electrons. The standard InChI is InChI=1S/C24H24Cl2N4O3/c1-32-21-7-3-16(13-22(21)33-2)14-24(31)30-11-9-29(10-12-30)23-8-6-20(27-28-23)18-5-4-17(25)15-19(18)26/h3-8,13,15H,9-12,14H2,1-2H3. The first kappa shape index (κ1) is 23.1. The first-order chi connectivity index (χ1) is 16.0. The number of carbonyl (C=O) groups excluding carboxylic acids is 1. The largest absolute Gasteiger partial charge is 0.493 e. The van der Waals surface area contributed by atoms with Crippen LogP contribution < -0.4 is 14.4 Å². The number of nitrogens with zero attached hydrogens (tertiary/aromatic N) is 4. The quantitative estimate of drug-likeness (QED) is 0.515. The highest BCUT2D eigenvalue weighted by atomic mass is 35.5. The number of hydrogen-bond acceptors (Lipinski definition) is 6. The van der Waals surface area contributed by atoms with Crippen molar-refractivity contribution in [2.24, 2.45) is 0 Å². The van der Waals surface area contributed by atoms with Gasteiger partial charge in [-0.05, 0) is 48.0 Å². The van der Waals surface area contributed by atoms with Gasteiger partial charge in [-0.2, -0.15) is 0 Å². The third-order valence-electron chi connectivity index (χ3n) is 5.62. The van der Waals surface area contributed by atoms with E-state index in [2.05, 4.69) is 15.1 Å². The Morgan fingerprint density at radius 3 is 2.30 bits per heavy atom. The van der Waals surface area contributed by atoms with Crippen LogP contribution in [-0.4, -0.2) is 61.4 Å². The number of anilines is 1. The second kappa shape index (κ2) is 10.3. The lowest BCUT2D eigenvalue weighted by Gasteiger charge is -2.35. The van der Waals surface area contributed by atoms with Gasteiger partial charge in [0.2, 0.25) is 5.91 Å². The summed E-state index contributed by atoms with van der Waals surface area (Å²) < 4.78 is 10.6. The zero-order chi connectivity index (χ0) is 23.4. The molecule has 0 N–H and O–H groups in total. The normalized spacial score (nSPS) is 13.7. The Labute approximate surface area is 202 Å². The topological polar surface area (TPSA) is 67.8 Å². The minimum Gasteiger partial charge on any atom is -0.493 e. The molecule has 33 heavy (non-hydrogen) atoms. The molecule has 0 bridgehead atoms. The SMILES string of the molecule is COc1ccc(CC(=O)N2CCN(c3ccc(-c4ccc(Cl)cc4Cl)nn3)CC2)cc1OC. The lowest BCUT2D eigenvalue weighted by molar-refractivity contribution is -0.130. The van der Waals surface area contributed by atoms with E-state index in [1.54, 1.807) is 26.4 Å². The van der Waals surface area contributed by atoms with E-state index in [0.29, 0.717) is 59.8 Å². The molecule has 1 aliphatic heterocycles. The maximum absolute atomic E-state index is 12.8. The molecule has 0 spiro atoms. The fourth-order valence-electron chi connectivity index (χ4n) is 3.80. The van der Waals surface area contributed by atoms with Gasteiger partial charge in [0.1, 0.15) is 0 Å². The maximum atomic E-state index is 12.8. The summed E-state index contributed by atoms with van der Waals surface area (Å²) in [6.07, 6.45) is 0.316. The number of aromatic nitrogens is 2. The second-order valence-corrected chi connectivity index (χ2v) is 8.48. The van der Waals surface area contributed by atoms with Gasteiger partial charge in [-0.3, -0.25) is 4.79 Å². The zero-order valence-corrected chi connectivity index (χ0v) is 19.9. The van der Waals surface area contributed by atoms with Crippen molar-refractivity contribution in [1.82, 2.24) is 15.1 Å². The van der Waals surface area contributed by atoms with Crippen molar-refractivity contribution in [3.8, 4) is 22.8 Å². The van der Waals surface area contributed by atoms with Crippen molar-refractivity contribution >= 4 is 34.9 Å². The highest BCUT2D eigenvalue weighted by Crippen LogP contribution is 2.30. The molecule has 1 saturated heterocycles. The summed E-state index contributed by atoms with van der Waals surface area (Å²) in [5.74, 6) is 2.12. The molecule has 9 heteroatoms. The van der Waals surface area contributed by atoms with E-state index < -0.39 is 0 Å². The van der Waals surface area contributed by atoms with Gasteiger partial charge in [-0.15, -0.1) is 10.2 Å². The molecule has 2 heterocycles. The van der Waals surface area contributed by atoms with E-state index in [9.17, 15) is 4.79 Å². The number of rotatable bonds is 6. The van der Waals surface area contributed by atoms with E-state index in [1.807, 2.05) is 41.3 Å². The molecular weight excluding hydrogens is 463 g/mol. The van der Waals surface area contributed by atoms with E-state index in [-0.39, 0.29) is 5.91 Å². The van der Waals surface area contributed by atoms with Crippen LogP contribution in [0.3, 0.4) is 0 Å². The summed E-state index contributed by atoms with van der Waals surface area (Å²) in [5.41, 5.74) is 2.36. The van der Waals surface area contributed by atoms with Crippen LogP contribution >= 0.6 is 23.2 Å². The summed E-state index contributed by atoms with van der Waals surface area (Å²) in [5, 5.41) is 9.81. The number of amides is 1. The Balaban J connectivity index is 1.35. The van der Waals surface area contributed by atoms with E-state index in [1.165, 1.54) is 0 Å². The highest BCUT2D eigenvalue weighted by molar-refractivity contribution is 6.36. The first-order valence-corrected chi connectivity index (χ1v) is 11.3. The minimum absolute atomic E-state index is 0.0840. The van der Waals surface area contributed by atoms with Gasteiger partial charge < -0.3 is 19.3 Å². The van der Waals surface area contributed by atoms with Gasteiger partial charge in [0, 0.05) is 36.8 Å². The first-order valence-electron chi connectivity index (χ1n) is 10.5. The summed E-state index contributed by atoms with van der Waals surface area (Å²) in [7, 11) is 3.18. The number of carbonyl (C=O) groups is 1. The van der Waals surface area contributed by atoms with Crippen molar-refractivity contribution in [1.29, 1.82) is 0 Å². The molecule has 4 rings (SSSR count). The monoisotopic (exact) mass is 486 g/mol. The molecular formula is C24H24Cl2N4O3. The molecule has 2 aromatic carbocycles. The van der Waals surface area contributed by atoms with Crippen LogP contribution in [0.25, 0.3) is 11.3 Å². The third kappa shape index (κ3) is 5.31. The Morgan fingerprint density at radius 2 is 1.67 bits per heavy atom. The van der Waals surface area contributed by atoms with Gasteiger partial charge in [0.25, 0.3) is 0 Å². The summed E-state index contributed by atoms with van der Waals surface area (Å²) in [6.45, 7) is 2.62. The third-order valence-corrected chi connectivity index (χ3v) is 6.17.